The van der Waals surface area contributed by atoms with Gasteiger partial charge in [-0.3, -0.25) is 4.98 Å². The minimum atomic E-state index is -0.616. The van der Waals surface area contributed by atoms with Crippen LogP contribution in [-0.4, -0.2) is 15.1 Å². The number of H-pyrrole nitrogens is 1. The standard InChI is InChI=1S/C14H12N2O/c17-14(13-4-2-8-16-13)11-5-6-12-10(9-11)3-1-7-15-12/h1-9,14,16-17H. The summed E-state index contributed by atoms with van der Waals surface area (Å²) in [6.45, 7) is 0. The van der Waals surface area contributed by atoms with E-state index in [-0.39, 0.29) is 0 Å². The van der Waals surface area contributed by atoms with E-state index in [0.717, 1.165) is 22.2 Å². The Morgan fingerprint density at radius 2 is 2.06 bits per heavy atom. The average Bonchev–Trinajstić information content (AvgIpc) is 2.91. The molecule has 0 fully saturated rings. The van der Waals surface area contributed by atoms with Crippen molar-refractivity contribution in [3.63, 3.8) is 0 Å². The molecule has 1 unspecified atom stereocenters. The molecule has 1 aromatic carbocycles. The SMILES string of the molecule is OC(c1ccc2ncccc2c1)c1ccc[nH]1. The van der Waals surface area contributed by atoms with E-state index in [2.05, 4.69) is 9.97 Å². The van der Waals surface area contributed by atoms with Crippen molar-refractivity contribution in [1.82, 2.24) is 9.97 Å². The Labute approximate surface area is 98.8 Å². The minimum absolute atomic E-state index is 0.616. The number of aromatic amines is 1. The normalized spacial score (nSPS) is 12.8. The molecule has 0 bridgehead atoms. The molecule has 17 heavy (non-hydrogen) atoms. The number of pyridine rings is 1. The molecular weight excluding hydrogens is 212 g/mol. The first kappa shape index (κ1) is 10.1. The van der Waals surface area contributed by atoms with E-state index in [1.165, 1.54) is 0 Å². The number of hydrogen-bond donors (Lipinski definition) is 2. The van der Waals surface area contributed by atoms with Crippen molar-refractivity contribution >= 4 is 10.9 Å². The molecule has 3 nitrogen and oxygen atoms in total. The highest BCUT2D eigenvalue weighted by Gasteiger charge is 2.11. The van der Waals surface area contributed by atoms with Crippen molar-refractivity contribution in [1.29, 1.82) is 0 Å². The summed E-state index contributed by atoms with van der Waals surface area (Å²) < 4.78 is 0. The highest BCUT2D eigenvalue weighted by Crippen LogP contribution is 2.23. The lowest BCUT2D eigenvalue weighted by atomic mass is 10.0. The Hall–Kier alpha value is -2.13. The van der Waals surface area contributed by atoms with Crippen LogP contribution in [0.2, 0.25) is 0 Å². The van der Waals surface area contributed by atoms with Crippen molar-refractivity contribution in [2.75, 3.05) is 0 Å². The predicted octanol–water partition coefficient (Wildman–Crippen LogP) is 2.64. The Morgan fingerprint density at radius 3 is 2.88 bits per heavy atom. The molecule has 0 spiro atoms. The quantitative estimate of drug-likeness (QED) is 0.703. The topological polar surface area (TPSA) is 48.9 Å². The first-order valence-electron chi connectivity index (χ1n) is 5.50. The lowest BCUT2D eigenvalue weighted by Crippen LogP contribution is -1.99. The summed E-state index contributed by atoms with van der Waals surface area (Å²) in [6, 6.07) is 13.4. The molecule has 1 atom stereocenters. The van der Waals surface area contributed by atoms with Crippen molar-refractivity contribution in [2.45, 2.75) is 6.10 Å². The van der Waals surface area contributed by atoms with Crippen LogP contribution in [0, 0.1) is 0 Å². The summed E-state index contributed by atoms with van der Waals surface area (Å²) in [5.74, 6) is 0. The van der Waals surface area contributed by atoms with Crippen molar-refractivity contribution in [2.24, 2.45) is 0 Å². The maximum absolute atomic E-state index is 10.2. The second-order valence-electron chi connectivity index (χ2n) is 3.98. The zero-order chi connectivity index (χ0) is 11.7. The van der Waals surface area contributed by atoms with Crippen LogP contribution in [0.15, 0.2) is 54.9 Å². The fraction of sp³-hybridized carbons (Fsp3) is 0.0714. The Kier molecular flexibility index (Phi) is 2.38. The van der Waals surface area contributed by atoms with E-state index < -0.39 is 6.10 Å². The molecule has 2 heterocycles. The monoisotopic (exact) mass is 224 g/mol. The van der Waals surface area contributed by atoms with Crippen LogP contribution >= 0.6 is 0 Å². The first-order valence-corrected chi connectivity index (χ1v) is 5.50. The van der Waals surface area contributed by atoms with E-state index in [1.54, 1.807) is 12.4 Å². The Bertz CT molecular complexity index is 632. The van der Waals surface area contributed by atoms with Gasteiger partial charge in [-0.05, 0) is 35.9 Å². The van der Waals surface area contributed by atoms with Crippen LogP contribution in [0.5, 0.6) is 0 Å². The number of aliphatic hydroxyl groups is 1. The molecule has 0 saturated heterocycles. The largest absolute Gasteiger partial charge is 0.382 e. The van der Waals surface area contributed by atoms with E-state index in [0.29, 0.717) is 0 Å². The van der Waals surface area contributed by atoms with Gasteiger partial charge in [0.05, 0.1) is 5.52 Å². The Morgan fingerprint density at radius 1 is 1.12 bits per heavy atom. The molecule has 0 saturated carbocycles. The number of nitrogens with zero attached hydrogens (tertiary/aromatic N) is 1. The summed E-state index contributed by atoms with van der Waals surface area (Å²) in [4.78, 5) is 7.27. The van der Waals surface area contributed by atoms with Crippen LogP contribution in [0.25, 0.3) is 10.9 Å². The van der Waals surface area contributed by atoms with Crippen molar-refractivity contribution in [3.8, 4) is 0 Å². The highest BCUT2D eigenvalue weighted by molar-refractivity contribution is 5.79. The molecule has 0 aliphatic rings. The van der Waals surface area contributed by atoms with Crippen molar-refractivity contribution < 1.29 is 5.11 Å². The molecule has 3 rings (SSSR count). The fourth-order valence-electron chi connectivity index (χ4n) is 1.96. The van der Waals surface area contributed by atoms with E-state index in [1.807, 2.05) is 42.5 Å². The second-order valence-corrected chi connectivity index (χ2v) is 3.98. The lowest BCUT2D eigenvalue weighted by molar-refractivity contribution is 0.216. The summed E-state index contributed by atoms with van der Waals surface area (Å²) in [6.07, 6.45) is 2.96. The molecule has 84 valence electrons. The van der Waals surface area contributed by atoms with Crippen molar-refractivity contribution in [3.05, 3.63) is 66.1 Å². The molecule has 3 aromatic rings. The van der Waals surface area contributed by atoms with Gasteiger partial charge in [0.1, 0.15) is 6.10 Å². The van der Waals surface area contributed by atoms with E-state index in [9.17, 15) is 5.11 Å². The predicted molar refractivity (Wildman–Crippen MR) is 66.6 cm³/mol. The molecule has 0 amide bonds. The molecular formula is C14H12N2O. The summed E-state index contributed by atoms with van der Waals surface area (Å²) in [5, 5.41) is 11.2. The average molecular weight is 224 g/mol. The maximum Gasteiger partial charge on any atom is 0.119 e. The van der Waals surface area contributed by atoms with E-state index in [4.69, 9.17) is 0 Å². The third kappa shape index (κ3) is 1.81. The fourth-order valence-corrected chi connectivity index (χ4v) is 1.96. The third-order valence-corrected chi connectivity index (χ3v) is 2.86. The maximum atomic E-state index is 10.2. The van der Waals surface area contributed by atoms with Gasteiger partial charge in [0.25, 0.3) is 0 Å². The first-order chi connectivity index (χ1) is 8.34. The van der Waals surface area contributed by atoms with Crippen LogP contribution in [0.1, 0.15) is 17.4 Å². The zero-order valence-electron chi connectivity index (χ0n) is 9.17. The lowest BCUT2D eigenvalue weighted by Gasteiger charge is -2.10. The molecule has 0 aliphatic heterocycles. The third-order valence-electron chi connectivity index (χ3n) is 2.86. The number of nitrogens with one attached hydrogen (secondary N) is 1. The van der Waals surface area contributed by atoms with Gasteiger partial charge in [-0.2, -0.15) is 0 Å². The molecule has 0 aliphatic carbocycles. The summed E-state index contributed by atoms with van der Waals surface area (Å²) >= 11 is 0. The summed E-state index contributed by atoms with van der Waals surface area (Å²) in [5.41, 5.74) is 2.61. The van der Waals surface area contributed by atoms with Crippen LogP contribution < -0.4 is 0 Å². The highest BCUT2D eigenvalue weighted by atomic mass is 16.3. The number of rotatable bonds is 2. The van der Waals surface area contributed by atoms with Gasteiger partial charge >= 0.3 is 0 Å². The molecule has 3 heteroatoms. The van der Waals surface area contributed by atoms with Gasteiger partial charge in [-0.15, -0.1) is 0 Å². The van der Waals surface area contributed by atoms with Gasteiger partial charge in [0.2, 0.25) is 0 Å². The number of aromatic nitrogens is 2. The molecule has 0 radical (unpaired) electrons. The van der Waals surface area contributed by atoms with E-state index >= 15 is 0 Å². The molecule has 2 aromatic heterocycles. The van der Waals surface area contributed by atoms with Gasteiger partial charge in [0.15, 0.2) is 0 Å². The van der Waals surface area contributed by atoms with Crippen LogP contribution in [0.3, 0.4) is 0 Å². The smallest absolute Gasteiger partial charge is 0.119 e. The minimum Gasteiger partial charge on any atom is -0.382 e. The Balaban J connectivity index is 2.06. The number of hydrogen-bond acceptors (Lipinski definition) is 2. The van der Waals surface area contributed by atoms with Gasteiger partial charge in [0, 0.05) is 23.5 Å². The molecule has 2 N–H and O–H groups in total. The summed E-state index contributed by atoms with van der Waals surface area (Å²) in [7, 11) is 0. The van der Waals surface area contributed by atoms with Crippen LogP contribution in [0.4, 0.5) is 0 Å². The zero-order valence-corrected chi connectivity index (χ0v) is 9.17. The van der Waals surface area contributed by atoms with Crippen LogP contribution in [-0.2, 0) is 0 Å². The number of aliphatic hydroxyl groups excluding tert-OH is 1. The number of fused-ring (bicyclic) bond motifs is 1. The number of benzene rings is 1. The second kappa shape index (κ2) is 4.03. The van der Waals surface area contributed by atoms with Gasteiger partial charge in [-0.1, -0.05) is 12.1 Å². The van der Waals surface area contributed by atoms with Gasteiger partial charge < -0.3 is 10.1 Å². The van der Waals surface area contributed by atoms with Gasteiger partial charge in [-0.25, -0.2) is 0 Å².